The first-order chi connectivity index (χ1) is 5.84. The van der Waals surface area contributed by atoms with E-state index >= 15 is 0 Å². The third-order valence-electron chi connectivity index (χ3n) is 1.91. The fraction of sp³-hybridized carbons (Fsp3) is 0.400. The van der Waals surface area contributed by atoms with E-state index in [1.54, 1.807) is 0 Å². The van der Waals surface area contributed by atoms with Crippen molar-refractivity contribution in [2.75, 3.05) is 0 Å². The highest BCUT2D eigenvalue weighted by Crippen LogP contribution is 2.24. The zero-order valence-electron chi connectivity index (χ0n) is 7.36. The summed E-state index contributed by atoms with van der Waals surface area (Å²) in [4.78, 5) is 0. The highest BCUT2D eigenvalue weighted by Gasteiger charge is 2.18. The molecule has 0 atom stereocenters. The summed E-state index contributed by atoms with van der Waals surface area (Å²) in [6, 6.07) is 9.81. The average Bonchev–Trinajstić information content (AvgIpc) is 2.04. The molecule has 1 heteroatoms. The number of hydrogen-bond donors (Lipinski definition) is 0. The Morgan fingerprint density at radius 3 is 2.64 bits per heavy atom. The van der Waals surface area contributed by atoms with Crippen LogP contribution in [0.15, 0.2) is 30.3 Å². The molecule has 0 aliphatic heterocycles. The van der Waals surface area contributed by atoms with E-state index in [-0.39, 0.29) is 12.5 Å². The quantitative estimate of drug-likeness (QED) is 0.628. The number of para-hydroxylation sites is 1. The molecule has 1 aliphatic carbocycles. The number of rotatable bonds is 2. The summed E-state index contributed by atoms with van der Waals surface area (Å²) < 4.78 is 12.9. The van der Waals surface area contributed by atoms with Crippen molar-refractivity contribution < 1.29 is 6.11 Å². The minimum Gasteiger partial charge on any atom is -0.490 e. The Labute approximate surface area is 68.4 Å². The van der Waals surface area contributed by atoms with Gasteiger partial charge in [0.15, 0.2) is 0 Å². The Kier molecular flexibility index (Phi) is 1.51. The topological polar surface area (TPSA) is 9.23 Å². The highest BCUT2D eigenvalue weighted by molar-refractivity contribution is 5.21. The number of ether oxygens (including phenoxy) is 1. The first kappa shape index (κ1) is 5.64. The van der Waals surface area contributed by atoms with E-state index in [2.05, 4.69) is 0 Å². The van der Waals surface area contributed by atoms with Crippen LogP contribution in [0.3, 0.4) is 0 Å². The molecule has 0 saturated heterocycles. The lowest BCUT2D eigenvalue weighted by Crippen LogP contribution is -2.24. The van der Waals surface area contributed by atoms with Gasteiger partial charge in [0.25, 0.3) is 0 Å². The van der Waals surface area contributed by atoms with Gasteiger partial charge in [-0.2, -0.15) is 0 Å². The van der Waals surface area contributed by atoms with Crippen LogP contribution < -0.4 is 4.74 Å². The summed E-state index contributed by atoms with van der Waals surface area (Å²) in [5.41, 5.74) is 0. The maximum atomic E-state index is 7.33. The van der Waals surface area contributed by atoms with Crippen LogP contribution in [0.2, 0.25) is 0 Å². The minimum atomic E-state index is 0.110. The van der Waals surface area contributed by atoms with Gasteiger partial charge in [0.1, 0.15) is 5.75 Å². The van der Waals surface area contributed by atoms with Crippen LogP contribution in [0, 0.1) is 0 Å². The number of benzene rings is 1. The molecule has 0 amide bonds. The third kappa shape index (κ3) is 1.53. The van der Waals surface area contributed by atoms with E-state index in [1.807, 2.05) is 30.3 Å². The van der Waals surface area contributed by atoms with Crippen LogP contribution in [0.25, 0.3) is 0 Å². The zero-order chi connectivity index (χ0) is 8.39. The van der Waals surface area contributed by atoms with Gasteiger partial charge in [0, 0.05) is 1.37 Å². The summed E-state index contributed by atoms with van der Waals surface area (Å²) in [6.07, 6.45) is 2.16. The predicted octanol–water partition coefficient (Wildman–Crippen LogP) is 2.62. The summed E-state index contributed by atoms with van der Waals surface area (Å²) >= 11 is 0. The van der Waals surface area contributed by atoms with Crippen molar-refractivity contribution in [2.24, 2.45) is 0 Å². The minimum absolute atomic E-state index is 0.110. The van der Waals surface area contributed by atoms with Crippen molar-refractivity contribution in [1.82, 2.24) is 0 Å². The molecule has 1 fully saturated rings. The molecule has 1 saturated carbocycles. The Hall–Kier alpha value is -0.980. The SMILES string of the molecule is [2H]C1CC(Oc2ccccc2)C1. The largest absolute Gasteiger partial charge is 0.490 e. The fourth-order valence-corrected chi connectivity index (χ4v) is 1.09. The van der Waals surface area contributed by atoms with Crippen LogP contribution in [-0.2, 0) is 0 Å². The smallest absolute Gasteiger partial charge is 0.119 e. The molecular weight excluding hydrogens is 136 g/mol. The average molecular weight is 149 g/mol. The zero-order valence-corrected chi connectivity index (χ0v) is 6.36. The van der Waals surface area contributed by atoms with Crippen molar-refractivity contribution >= 4 is 0 Å². The number of hydrogen-bond acceptors (Lipinski definition) is 1. The van der Waals surface area contributed by atoms with Gasteiger partial charge < -0.3 is 4.74 Å². The lowest BCUT2D eigenvalue weighted by Gasteiger charge is -2.26. The first-order valence-corrected chi connectivity index (χ1v) is 3.98. The summed E-state index contributed by atoms with van der Waals surface area (Å²) in [5.74, 6) is 0.925. The van der Waals surface area contributed by atoms with Gasteiger partial charge >= 0.3 is 0 Å². The van der Waals surface area contributed by atoms with Crippen LogP contribution in [-0.4, -0.2) is 6.10 Å². The summed E-state index contributed by atoms with van der Waals surface area (Å²) in [5, 5.41) is 0. The molecule has 0 heterocycles. The summed E-state index contributed by atoms with van der Waals surface area (Å²) in [6.45, 7) is 0. The van der Waals surface area contributed by atoms with Gasteiger partial charge in [-0.1, -0.05) is 18.2 Å². The monoisotopic (exact) mass is 149 g/mol. The van der Waals surface area contributed by atoms with E-state index in [0.717, 1.165) is 18.6 Å². The van der Waals surface area contributed by atoms with E-state index in [1.165, 1.54) is 0 Å². The molecule has 2 rings (SSSR count). The molecule has 1 aromatic carbocycles. The van der Waals surface area contributed by atoms with Crippen LogP contribution >= 0.6 is 0 Å². The lowest BCUT2D eigenvalue weighted by atomic mass is 9.96. The Bertz CT molecular complexity index is 241. The molecule has 1 aromatic rings. The van der Waals surface area contributed by atoms with E-state index < -0.39 is 0 Å². The molecule has 1 nitrogen and oxygen atoms in total. The van der Waals surface area contributed by atoms with Crippen molar-refractivity contribution in [2.45, 2.75) is 25.3 Å². The molecule has 0 radical (unpaired) electrons. The molecule has 0 bridgehead atoms. The second-order valence-electron chi connectivity index (χ2n) is 2.81. The predicted molar refractivity (Wildman–Crippen MR) is 44.7 cm³/mol. The van der Waals surface area contributed by atoms with Crippen molar-refractivity contribution in [1.29, 1.82) is 0 Å². The van der Waals surface area contributed by atoms with Crippen LogP contribution in [0.5, 0.6) is 5.75 Å². The van der Waals surface area contributed by atoms with Gasteiger partial charge in [-0.25, -0.2) is 0 Å². The maximum absolute atomic E-state index is 7.33. The molecule has 0 unspecified atom stereocenters. The molecular formula is C10H12O. The summed E-state index contributed by atoms with van der Waals surface area (Å²) in [7, 11) is 0. The molecule has 0 N–H and O–H groups in total. The van der Waals surface area contributed by atoms with E-state index in [4.69, 9.17) is 6.11 Å². The molecule has 58 valence electrons. The van der Waals surface area contributed by atoms with Gasteiger partial charge in [-0.3, -0.25) is 0 Å². The Morgan fingerprint density at radius 2 is 2.00 bits per heavy atom. The van der Waals surface area contributed by atoms with Crippen molar-refractivity contribution in [3.63, 3.8) is 0 Å². The highest BCUT2D eigenvalue weighted by atomic mass is 16.5. The fourth-order valence-electron chi connectivity index (χ4n) is 1.09. The van der Waals surface area contributed by atoms with Crippen LogP contribution in [0.1, 0.15) is 20.6 Å². The molecule has 11 heavy (non-hydrogen) atoms. The van der Waals surface area contributed by atoms with E-state index in [9.17, 15) is 0 Å². The van der Waals surface area contributed by atoms with Crippen molar-refractivity contribution in [3.8, 4) is 5.75 Å². The normalized spacial score (nSPS) is 30.4. The second kappa shape index (κ2) is 2.95. The van der Waals surface area contributed by atoms with Crippen molar-refractivity contribution in [3.05, 3.63) is 30.3 Å². The lowest BCUT2D eigenvalue weighted by molar-refractivity contribution is 0.120. The van der Waals surface area contributed by atoms with Gasteiger partial charge in [-0.05, 0) is 31.4 Å². The Morgan fingerprint density at radius 1 is 1.27 bits per heavy atom. The molecule has 0 spiro atoms. The Balaban J connectivity index is 1.88. The maximum Gasteiger partial charge on any atom is 0.119 e. The second-order valence-corrected chi connectivity index (χ2v) is 2.81. The standard InChI is InChI=1S/C10H12O/c1-2-5-9(6-3-1)11-10-7-4-8-10/h1-3,5-6,10H,4,7-8H2/i4D. The van der Waals surface area contributed by atoms with E-state index in [0.29, 0.717) is 0 Å². The van der Waals surface area contributed by atoms with Crippen LogP contribution in [0.4, 0.5) is 0 Å². The molecule has 1 aliphatic rings. The third-order valence-corrected chi connectivity index (χ3v) is 1.91. The van der Waals surface area contributed by atoms with Gasteiger partial charge in [0.2, 0.25) is 0 Å². The molecule has 0 aromatic heterocycles. The van der Waals surface area contributed by atoms with Gasteiger partial charge in [0.05, 0.1) is 6.10 Å². The first-order valence-electron chi connectivity index (χ1n) is 4.56. The van der Waals surface area contributed by atoms with Gasteiger partial charge in [-0.15, -0.1) is 0 Å².